The van der Waals surface area contributed by atoms with Crippen molar-refractivity contribution >= 4 is 23.7 Å². The number of benzene rings is 1. The molecule has 0 aliphatic heterocycles. The molecule has 0 aliphatic rings. The van der Waals surface area contributed by atoms with Crippen LogP contribution in [0.5, 0.6) is 0 Å². The number of nitrogens with zero attached hydrogens (tertiary/aromatic N) is 1. The average molecular weight is 315 g/mol. The van der Waals surface area contributed by atoms with Gasteiger partial charge in [0.05, 0.1) is 27.3 Å². The molecule has 0 fully saturated rings. The van der Waals surface area contributed by atoms with Crippen molar-refractivity contribution in [3.05, 3.63) is 30.1 Å². The van der Waals surface area contributed by atoms with Gasteiger partial charge in [-0.15, -0.1) is 11.8 Å². The quantitative estimate of drug-likeness (QED) is 0.536. The van der Waals surface area contributed by atoms with E-state index in [0.717, 1.165) is 4.90 Å². The van der Waals surface area contributed by atoms with Gasteiger partial charge in [0.2, 0.25) is 0 Å². The first-order chi connectivity index (χ1) is 10.0. The zero-order chi connectivity index (χ0) is 15.7. The zero-order valence-corrected chi connectivity index (χ0v) is 12.8. The lowest BCUT2D eigenvalue weighted by molar-refractivity contribution is -0.145. The lowest BCUT2D eigenvalue weighted by atomic mass is 10.4. The van der Waals surface area contributed by atoms with Crippen LogP contribution in [0.25, 0.3) is 0 Å². The molecular formula is C14H18FNO4S. The summed E-state index contributed by atoms with van der Waals surface area (Å²) in [6.07, 6.45) is 0. The highest BCUT2D eigenvalue weighted by Crippen LogP contribution is 2.18. The Morgan fingerprint density at radius 1 is 1.10 bits per heavy atom. The van der Waals surface area contributed by atoms with Crippen molar-refractivity contribution in [3.63, 3.8) is 0 Å². The number of hydrogen-bond acceptors (Lipinski definition) is 6. The van der Waals surface area contributed by atoms with Gasteiger partial charge in [0.15, 0.2) is 0 Å². The van der Waals surface area contributed by atoms with E-state index in [0.29, 0.717) is 12.3 Å². The molecule has 0 N–H and O–H groups in total. The van der Waals surface area contributed by atoms with Crippen molar-refractivity contribution in [1.82, 2.24) is 4.90 Å². The summed E-state index contributed by atoms with van der Waals surface area (Å²) in [5.41, 5.74) is 0. The fourth-order valence-corrected chi connectivity index (χ4v) is 2.45. The van der Waals surface area contributed by atoms with Crippen LogP contribution in [0.1, 0.15) is 0 Å². The van der Waals surface area contributed by atoms with Crippen molar-refractivity contribution in [2.24, 2.45) is 0 Å². The third kappa shape index (κ3) is 7.10. The normalized spacial score (nSPS) is 10.5. The van der Waals surface area contributed by atoms with E-state index >= 15 is 0 Å². The summed E-state index contributed by atoms with van der Waals surface area (Å²) in [6, 6.07) is 6.15. The summed E-state index contributed by atoms with van der Waals surface area (Å²) in [5, 5.41) is 0. The Morgan fingerprint density at radius 2 is 1.62 bits per heavy atom. The largest absolute Gasteiger partial charge is 0.468 e. The highest BCUT2D eigenvalue weighted by Gasteiger charge is 2.15. The minimum atomic E-state index is -0.411. The topological polar surface area (TPSA) is 55.8 Å². The van der Waals surface area contributed by atoms with Crippen molar-refractivity contribution < 1.29 is 23.5 Å². The Morgan fingerprint density at radius 3 is 2.10 bits per heavy atom. The molecule has 0 saturated carbocycles. The number of rotatable bonds is 8. The third-order valence-electron chi connectivity index (χ3n) is 2.65. The van der Waals surface area contributed by atoms with E-state index < -0.39 is 11.9 Å². The lowest BCUT2D eigenvalue weighted by Gasteiger charge is -2.19. The second-order valence-corrected chi connectivity index (χ2v) is 5.33. The Balaban J connectivity index is 2.45. The predicted octanol–water partition coefficient (Wildman–Crippen LogP) is 1.57. The molecule has 0 spiro atoms. The van der Waals surface area contributed by atoms with E-state index in [1.165, 1.54) is 38.1 Å². The zero-order valence-electron chi connectivity index (χ0n) is 12.0. The molecule has 0 heterocycles. The molecule has 0 atom stereocenters. The fourth-order valence-electron chi connectivity index (χ4n) is 1.53. The van der Waals surface area contributed by atoms with Crippen molar-refractivity contribution in [1.29, 1.82) is 0 Å². The van der Waals surface area contributed by atoms with E-state index in [9.17, 15) is 14.0 Å². The number of hydrogen-bond donors (Lipinski definition) is 0. The van der Waals surface area contributed by atoms with Gasteiger partial charge in [-0.2, -0.15) is 0 Å². The number of thioether (sulfide) groups is 1. The smallest absolute Gasteiger partial charge is 0.319 e. The van der Waals surface area contributed by atoms with Crippen LogP contribution in [0, 0.1) is 5.82 Å². The average Bonchev–Trinajstić information content (AvgIpc) is 2.48. The first-order valence-corrected chi connectivity index (χ1v) is 7.28. The molecule has 21 heavy (non-hydrogen) atoms. The molecule has 0 unspecified atom stereocenters. The van der Waals surface area contributed by atoms with Gasteiger partial charge in [-0.25, -0.2) is 4.39 Å². The maximum absolute atomic E-state index is 12.8. The summed E-state index contributed by atoms with van der Waals surface area (Å²) in [6.45, 7) is 0.553. The molecule has 0 radical (unpaired) electrons. The first-order valence-electron chi connectivity index (χ1n) is 6.29. The Bertz CT molecular complexity index is 449. The van der Waals surface area contributed by atoms with Crippen LogP contribution in [-0.2, 0) is 19.1 Å². The molecule has 5 nitrogen and oxygen atoms in total. The molecule has 7 heteroatoms. The Labute approximate surface area is 127 Å². The molecule has 0 aromatic heterocycles. The fraction of sp³-hybridized carbons (Fsp3) is 0.429. The molecule has 1 rings (SSSR count). The van der Waals surface area contributed by atoms with Gasteiger partial charge in [-0.3, -0.25) is 14.5 Å². The van der Waals surface area contributed by atoms with Crippen LogP contribution in [0.4, 0.5) is 4.39 Å². The van der Waals surface area contributed by atoms with E-state index in [-0.39, 0.29) is 18.9 Å². The molecular weight excluding hydrogens is 297 g/mol. The van der Waals surface area contributed by atoms with E-state index in [1.807, 2.05) is 0 Å². The van der Waals surface area contributed by atoms with Gasteiger partial charge < -0.3 is 9.47 Å². The molecule has 116 valence electrons. The molecule has 0 saturated heterocycles. The second-order valence-electron chi connectivity index (χ2n) is 4.17. The minimum absolute atomic E-state index is 0.0234. The van der Waals surface area contributed by atoms with E-state index in [4.69, 9.17) is 0 Å². The van der Waals surface area contributed by atoms with Crippen LogP contribution in [-0.4, -0.2) is 56.4 Å². The second kappa shape index (κ2) is 9.36. The number of carbonyl (C=O) groups excluding carboxylic acids is 2. The van der Waals surface area contributed by atoms with Gasteiger partial charge >= 0.3 is 11.9 Å². The number of carbonyl (C=O) groups is 2. The van der Waals surface area contributed by atoms with Crippen molar-refractivity contribution in [2.75, 3.05) is 39.6 Å². The van der Waals surface area contributed by atoms with Crippen LogP contribution >= 0.6 is 11.8 Å². The van der Waals surface area contributed by atoms with Gasteiger partial charge in [-0.05, 0) is 24.3 Å². The lowest BCUT2D eigenvalue weighted by Crippen LogP contribution is -2.37. The van der Waals surface area contributed by atoms with E-state index in [1.54, 1.807) is 17.0 Å². The standard InChI is InChI=1S/C14H18FNO4S/c1-19-13(17)9-16(10-14(18)20-2)7-8-21-12-5-3-11(15)4-6-12/h3-6H,7-10H2,1-2H3. The SMILES string of the molecule is COC(=O)CN(CCSc1ccc(F)cc1)CC(=O)OC. The summed E-state index contributed by atoms with van der Waals surface area (Å²) in [4.78, 5) is 25.2. The number of halogens is 1. The molecule has 1 aromatic carbocycles. The Hall–Kier alpha value is -1.60. The summed E-state index contributed by atoms with van der Waals surface area (Å²) in [7, 11) is 2.60. The van der Waals surface area contributed by atoms with Gasteiger partial charge in [0.1, 0.15) is 5.82 Å². The van der Waals surface area contributed by atoms with Crippen molar-refractivity contribution in [3.8, 4) is 0 Å². The molecule has 0 aliphatic carbocycles. The van der Waals surface area contributed by atoms with Crippen LogP contribution < -0.4 is 0 Å². The summed E-state index contributed by atoms with van der Waals surface area (Å²) in [5.74, 6) is -0.451. The number of ether oxygens (including phenoxy) is 2. The molecule has 1 aromatic rings. The third-order valence-corrected chi connectivity index (χ3v) is 3.64. The maximum atomic E-state index is 12.8. The highest BCUT2D eigenvalue weighted by atomic mass is 32.2. The van der Waals surface area contributed by atoms with Gasteiger partial charge in [0, 0.05) is 17.2 Å². The maximum Gasteiger partial charge on any atom is 0.319 e. The van der Waals surface area contributed by atoms with Crippen LogP contribution in [0.15, 0.2) is 29.2 Å². The molecule has 0 amide bonds. The van der Waals surface area contributed by atoms with E-state index in [2.05, 4.69) is 9.47 Å². The van der Waals surface area contributed by atoms with Crippen LogP contribution in [0.3, 0.4) is 0 Å². The number of esters is 2. The van der Waals surface area contributed by atoms with Crippen molar-refractivity contribution in [2.45, 2.75) is 4.90 Å². The van der Waals surface area contributed by atoms with Gasteiger partial charge in [-0.1, -0.05) is 0 Å². The molecule has 0 bridgehead atoms. The Kier molecular flexibility index (Phi) is 7.78. The monoisotopic (exact) mass is 315 g/mol. The summed E-state index contributed by atoms with van der Waals surface area (Å²) < 4.78 is 22.0. The summed E-state index contributed by atoms with van der Waals surface area (Å²) >= 11 is 1.51. The minimum Gasteiger partial charge on any atom is -0.468 e. The van der Waals surface area contributed by atoms with Crippen LogP contribution in [0.2, 0.25) is 0 Å². The first kappa shape index (κ1) is 17.5. The highest BCUT2D eigenvalue weighted by molar-refractivity contribution is 7.99. The predicted molar refractivity (Wildman–Crippen MR) is 77.6 cm³/mol. The van der Waals surface area contributed by atoms with Gasteiger partial charge in [0.25, 0.3) is 0 Å². The number of methoxy groups -OCH3 is 2.